The lowest BCUT2D eigenvalue weighted by Gasteiger charge is -2.40. The van der Waals surface area contributed by atoms with E-state index in [0.29, 0.717) is 44.6 Å². The van der Waals surface area contributed by atoms with Crippen LogP contribution in [-0.2, 0) is 11.0 Å². The summed E-state index contributed by atoms with van der Waals surface area (Å²) >= 11 is 6.03. The van der Waals surface area contributed by atoms with Gasteiger partial charge in [-0.25, -0.2) is 4.98 Å². The molecular formula is C20H31ClF3N5O. The number of piperazine rings is 2. The molecule has 0 aliphatic carbocycles. The fourth-order valence-corrected chi connectivity index (χ4v) is 3.87. The molecular weight excluding hydrogens is 419 g/mol. The van der Waals surface area contributed by atoms with Crippen LogP contribution in [0.4, 0.5) is 19.0 Å². The monoisotopic (exact) mass is 449 g/mol. The number of carbonyl (C=O) groups is 1. The number of nitrogens with zero attached hydrogens (tertiary/aromatic N) is 4. The van der Waals surface area contributed by atoms with Gasteiger partial charge in [0, 0.05) is 58.1 Å². The molecule has 0 radical (unpaired) electrons. The Morgan fingerprint density at radius 3 is 2.37 bits per heavy atom. The molecule has 6 nitrogen and oxygen atoms in total. The van der Waals surface area contributed by atoms with Gasteiger partial charge in [0.2, 0.25) is 5.91 Å². The van der Waals surface area contributed by atoms with Crippen molar-refractivity contribution in [3.05, 3.63) is 22.8 Å². The lowest BCUT2D eigenvalue weighted by molar-refractivity contribution is -0.138. The Hall–Kier alpha value is -1.58. The number of pyridine rings is 1. The van der Waals surface area contributed by atoms with Crippen molar-refractivity contribution in [2.45, 2.75) is 46.0 Å². The van der Waals surface area contributed by atoms with Crippen LogP contribution in [0.5, 0.6) is 0 Å². The largest absolute Gasteiger partial charge is 0.417 e. The van der Waals surface area contributed by atoms with Crippen molar-refractivity contribution in [1.82, 2.24) is 20.1 Å². The zero-order valence-corrected chi connectivity index (χ0v) is 18.7. The first kappa shape index (κ1) is 24.7. The van der Waals surface area contributed by atoms with E-state index in [4.69, 9.17) is 11.6 Å². The highest BCUT2D eigenvalue weighted by Gasteiger charge is 2.34. The maximum absolute atomic E-state index is 12.8. The second-order valence-electron chi connectivity index (χ2n) is 7.43. The Balaban J connectivity index is 0.00000155. The molecule has 1 atom stereocenters. The third-order valence-corrected chi connectivity index (χ3v) is 5.55. The van der Waals surface area contributed by atoms with Gasteiger partial charge in [0.1, 0.15) is 5.82 Å². The summed E-state index contributed by atoms with van der Waals surface area (Å²) in [5, 5.41) is 3.26. The summed E-state index contributed by atoms with van der Waals surface area (Å²) in [6.07, 6.45) is -3.68. The summed E-state index contributed by atoms with van der Waals surface area (Å²) in [7, 11) is 0. The minimum atomic E-state index is -4.48. The summed E-state index contributed by atoms with van der Waals surface area (Å²) in [6.45, 7) is 12.5. The van der Waals surface area contributed by atoms with Crippen LogP contribution in [0.15, 0.2) is 12.3 Å². The number of hydrogen-bond acceptors (Lipinski definition) is 5. The quantitative estimate of drug-likeness (QED) is 0.768. The molecule has 10 heteroatoms. The Kier molecular flexibility index (Phi) is 8.75. The van der Waals surface area contributed by atoms with Gasteiger partial charge in [0.05, 0.1) is 16.6 Å². The lowest BCUT2D eigenvalue weighted by Crippen LogP contribution is -2.61. The van der Waals surface area contributed by atoms with E-state index in [-0.39, 0.29) is 17.0 Å². The second-order valence-corrected chi connectivity index (χ2v) is 7.84. The highest BCUT2D eigenvalue weighted by atomic mass is 35.5. The van der Waals surface area contributed by atoms with Gasteiger partial charge in [0.25, 0.3) is 0 Å². The fraction of sp³-hybridized carbons (Fsp3) is 0.700. The van der Waals surface area contributed by atoms with Gasteiger partial charge in [-0.05, 0) is 19.9 Å². The van der Waals surface area contributed by atoms with E-state index in [0.717, 1.165) is 25.4 Å². The molecule has 1 amide bonds. The summed E-state index contributed by atoms with van der Waals surface area (Å²) < 4.78 is 38.3. The van der Waals surface area contributed by atoms with E-state index in [1.54, 1.807) is 4.90 Å². The number of aromatic nitrogens is 1. The van der Waals surface area contributed by atoms with E-state index in [1.165, 1.54) is 0 Å². The molecule has 0 aromatic carbocycles. The van der Waals surface area contributed by atoms with Crippen molar-refractivity contribution in [1.29, 1.82) is 0 Å². The molecule has 3 heterocycles. The molecule has 2 fully saturated rings. The van der Waals surface area contributed by atoms with Crippen LogP contribution in [0.25, 0.3) is 0 Å². The Bertz CT molecular complexity index is 708. The molecule has 2 saturated heterocycles. The van der Waals surface area contributed by atoms with Crippen LogP contribution >= 0.6 is 11.6 Å². The zero-order valence-electron chi connectivity index (χ0n) is 18.0. The number of rotatable bonds is 3. The van der Waals surface area contributed by atoms with Gasteiger partial charge >= 0.3 is 6.18 Å². The van der Waals surface area contributed by atoms with E-state index >= 15 is 0 Å². The van der Waals surface area contributed by atoms with Gasteiger partial charge in [-0.3, -0.25) is 9.69 Å². The topological polar surface area (TPSA) is 51.7 Å². The molecule has 2 aliphatic rings. The van der Waals surface area contributed by atoms with Crippen molar-refractivity contribution in [2.75, 3.05) is 50.7 Å². The number of halogens is 4. The van der Waals surface area contributed by atoms with Crippen molar-refractivity contribution in [2.24, 2.45) is 0 Å². The number of carbonyl (C=O) groups excluding carboxylic acids is 1. The number of nitrogens with one attached hydrogen (secondary N) is 1. The summed E-state index contributed by atoms with van der Waals surface area (Å²) in [5.74, 6) is 0.389. The van der Waals surface area contributed by atoms with E-state index in [9.17, 15) is 18.0 Å². The molecule has 0 unspecified atom stereocenters. The van der Waals surface area contributed by atoms with Crippen molar-refractivity contribution in [3.63, 3.8) is 0 Å². The lowest BCUT2D eigenvalue weighted by atomic mass is 10.1. The highest BCUT2D eigenvalue weighted by molar-refractivity contribution is 6.33. The van der Waals surface area contributed by atoms with Crippen LogP contribution in [0.3, 0.4) is 0 Å². The normalized spacial score (nSPS) is 20.8. The van der Waals surface area contributed by atoms with E-state index in [2.05, 4.69) is 29.0 Å². The first-order valence-corrected chi connectivity index (χ1v) is 10.8. The Morgan fingerprint density at radius 2 is 1.83 bits per heavy atom. The minimum Gasteiger partial charge on any atom is -0.352 e. The highest BCUT2D eigenvalue weighted by Crippen LogP contribution is 2.33. The number of hydrogen-bond donors (Lipinski definition) is 1. The summed E-state index contributed by atoms with van der Waals surface area (Å²) in [4.78, 5) is 22.6. The predicted octanol–water partition coefficient (Wildman–Crippen LogP) is 3.11. The second kappa shape index (κ2) is 10.6. The van der Waals surface area contributed by atoms with Crippen LogP contribution < -0.4 is 10.2 Å². The molecule has 1 aromatic rings. The smallest absolute Gasteiger partial charge is 0.352 e. The SMILES string of the molecule is CC.CC(C)N1CCN[C@@H](C(=O)N2CCN(c3ncc(C(F)(F)F)cc3Cl)CC2)C1. The first-order chi connectivity index (χ1) is 14.2. The first-order valence-electron chi connectivity index (χ1n) is 10.4. The van der Waals surface area contributed by atoms with Crippen LogP contribution in [0.2, 0.25) is 5.02 Å². The molecule has 30 heavy (non-hydrogen) atoms. The average Bonchev–Trinajstić information content (AvgIpc) is 2.74. The summed E-state index contributed by atoms with van der Waals surface area (Å²) in [5.41, 5.74) is -0.867. The van der Waals surface area contributed by atoms with Gasteiger partial charge in [-0.15, -0.1) is 0 Å². The standard InChI is InChI=1S/C18H25ClF3N5O.C2H6/c1-12(2)27-4-3-23-15(11-27)17(28)26-7-5-25(6-8-26)16-14(19)9-13(10-24-16)18(20,21)22;1-2/h9-10,12,15,23H,3-8,11H2,1-2H3;1-2H3/t15-;/m1./s1. The van der Waals surface area contributed by atoms with Gasteiger partial charge < -0.3 is 15.1 Å². The molecule has 170 valence electrons. The maximum atomic E-state index is 12.8. The fourth-order valence-electron chi connectivity index (χ4n) is 3.58. The third kappa shape index (κ3) is 5.98. The molecule has 1 aromatic heterocycles. The van der Waals surface area contributed by atoms with Crippen LogP contribution in [0, 0.1) is 0 Å². The number of amides is 1. The van der Waals surface area contributed by atoms with Crippen molar-refractivity contribution in [3.8, 4) is 0 Å². The van der Waals surface area contributed by atoms with E-state index < -0.39 is 11.7 Å². The van der Waals surface area contributed by atoms with Crippen LogP contribution in [-0.4, -0.2) is 78.6 Å². The maximum Gasteiger partial charge on any atom is 0.417 e. The molecule has 2 aliphatic heterocycles. The van der Waals surface area contributed by atoms with Crippen molar-refractivity contribution >= 4 is 23.3 Å². The third-order valence-electron chi connectivity index (χ3n) is 5.28. The number of alkyl halides is 3. The van der Waals surface area contributed by atoms with Gasteiger partial charge in [-0.1, -0.05) is 25.4 Å². The molecule has 0 spiro atoms. The minimum absolute atomic E-state index is 0.0314. The summed E-state index contributed by atoms with van der Waals surface area (Å²) in [6, 6.07) is 1.06. The van der Waals surface area contributed by atoms with E-state index in [1.807, 2.05) is 18.7 Å². The van der Waals surface area contributed by atoms with Gasteiger partial charge in [-0.2, -0.15) is 13.2 Å². The van der Waals surface area contributed by atoms with Crippen LogP contribution in [0.1, 0.15) is 33.3 Å². The van der Waals surface area contributed by atoms with Crippen molar-refractivity contribution < 1.29 is 18.0 Å². The molecule has 0 bridgehead atoms. The zero-order chi connectivity index (χ0) is 22.5. The molecule has 1 N–H and O–H groups in total. The Morgan fingerprint density at radius 1 is 1.20 bits per heavy atom. The molecule has 0 saturated carbocycles. The molecule has 3 rings (SSSR count). The Labute approximate surface area is 181 Å². The predicted molar refractivity (Wildman–Crippen MR) is 113 cm³/mol. The number of anilines is 1. The average molecular weight is 450 g/mol. The van der Waals surface area contributed by atoms with Gasteiger partial charge in [0.15, 0.2) is 0 Å².